The maximum absolute atomic E-state index is 12.1. The van der Waals surface area contributed by atoms with Gasteiger partial charge in [-0.15, -0.1) is 0 Å². The fraction of sp³-hybridized carbons (Fsp3) is 0.857. The van der Waals surface area contributed by atoms with Gasteiger partial charge in [-0.05, 0) is 51.1 Å². The van der Waals surface area contributed by atoms with E-state index in [0.29, 0.717) is 24.9 Å². The largest absolute Gasteiger partial charge is 0.471 e. The highest BCUT2D eigenvalue weighted by molar-refractivity contribution is 6.84. The van der Waals surface area contributed by atoms with Crippen LogP contribution in [-0.4, -0.2) is 53.9 Å². The van der Waals surface area contributed by atoms with Gasteiger partial charge in [0.2, 0.25) is 0 Å². The van der Waals surface area contributed by atoms with Crippen molar-refractivity contribution in [3.8, 4) is 0 Å². The zero-order valence-electron chi connectivity index (χ0n) is 15.7. The van der Waals surface area contributed by atoms with Crippen LogP contribution in [0.4, 0.5) is 26.3 Å². The SMILES string of the molecule is C[Si](C)(CCCNC(=O)C(F)(F)F)O[Si](C)(C)CCCNC(=O)C(F)(F)F. The smallest absolute Gasteiger partial charge is 0.455 e. The molecule has 160 valence electrons. The van der Waals surface area contributed by atoms with Crippen LogP contribution in [0.3, 0.4) is 0 Å². The zero-order valence-corrected chi connectivity index (χ0v) is 17.7. The Bertz CT molecular complexity index is 466. The number of halogens is 6. The Morgan fingerprint density at radius 3 is 1.30 bits per heavy atom. The molecule has 0 atom stereocenters. The highest BCUT2D eigenvalue weighted by Crippen LogP contribution is 2.24. The Morgan fingerprint density at radius 1 is 0.741 bits per heavy atom. The first-order valence-corrected chi connectivity index (χ1v) is 14.6. The van der Waals surface area contributed by atoms with Crippen molar-refractivity contribution in [2.45, 2.75) is 63.5 Å². The molecule has 27 heavy (non-hydrogen) atoms. The van der Waals surface area contributed by atoms with Crippen molar-refractivity contribution in [1.82, 2.24) is 10.6 Å². The van der Waals surface area contributed by atoms with E-state index < -0.39 is 40.8 Å². The van der Waals surface area contributed by atoms with Crippen molar-refractivity contribution in [2.24, 2.45) is 0 Å². The highest BCUT2D eigenvalue weighted by Gasteiger charge is 2.39. The monoisotopic (exact) mass is 440 g/mol. The van der Waals surface area contributed by atoms with E-state index in [1.165, 1.54) is 0 Å². The van der Waals surface area contributed by atoms with Crippen LogP contribution in [-0.2, 0) is 13.7 Å². The van der Waals surface area contributed by atoms with Gasteiger partial charge in [0.05, 0.1) is 0 Å². The second kappa shape index (κ2) is 9.91. The normalized spacial score (nSPS) is 13.4. The Hall–Kier alpha value is -1.09. The van der Waals surface area contributed by atoms with Crippen molar-refractivity contribution in [1.29, 1.82) is 0 Å². The molecule has 0 saturated heterocycles. The molecule has 0 heterocycles. The van der Waals surface area contributed by atoms with Gasteiger partial charge in [-0.3, -0.25) is 9.59 Å². The summed E-state index contributed by atoms with van der Waals surface area (Å²) in [7, 11) is -4.41. The first-order valence-electron chi connectivity index (χ1n) is 8.36. The average Bonchev–Trinajstić information content (AvgIpc) is 2.44. The standard InChI is InChI=1S/C14H26F6N2O3Si2/c1-26(2,9-5-7-21-11(23)13(15,16)17)25-27(3,4)10-6-8-22-12(24)14(18,19)20/h5-10H2,1-4H3,(H,21,23)(H,22,24). The molecule has 0 aromatic heterocycles. The molecule has 0 unspecified atom stereocenters. The third-order valence-corrected chi connectivity index (χ3v) is 11.1. The number of amides is 2. The predicted octanol–water partition coefficient (Wildman–Crippen LogP) is 3.55. The second-order valence-corrected chi connectivity index (χ2v) is 16.2. The molecule has 0 aromatic rings. The summed E-state index contributed by atoms with van der Waals surface area (Å²) in [6.07, 6.45) is -9.12. The molecular weight excluding hydrogens is 414 g/mol. The predicted molar refractivity (Wildman–Crippen MR) is 93.0 cm³/mol. The number of hydrogen-bond donors (Lipinski definition) is 2. The average molecular weight is 441 g/mol. The number of carbonyl (C=O) groups is 2. The van der Waals surface area contributed by atoms with Gasteiger partial charge in [0, 0.05) is 13.1 Å². The van der Waals surface area contributed by atoms with Crippen LogP contribution in [0, 0.1) is 0 Å². The summed E-state index contributed by atoms with van der Waals surface area (Å²) >= 11 is 0. The highest BCUT2D eigenvalue weighted by atomic mass is 28.4. The zero-order chi connectivity index (χ0) is 21.5. The van der Waals surface area contributed by atoms with E-state index in [2.05, 4.69) is 0 Å². The van der Waals surface area contributed by atoms with Gasteiger partial charge in [0.25, 0.3) is 0 Å². The molecule has 0 bridgehead atoms. The van der Waals surface area contributed by atoms with Crippen LogP contribution in [0.1, 0.15) is 12.8 Å². The van der Waals surface area contributed by atoms with E-state index >= 15 is 0 Å². The topological polar surface area (TPSA) is 67.4 Å². The maximum Gasteiger partial charge on any atom is 0.471 e. The molecule has 0 rings (SSSR count). The molecule has 5 nitrogen and oxygen atoms in total. The number of rotatable bonds is 10. The number of hydrogen-bond acceptors (Lipinski definition) is 3. The van der Waals surface area contributed by atoms with Gasteiger partial charge >= 0.3 is 24.2 Å². The number of carbonyl (C=O) groups excluding carboxylic acids is 2. The van der Waals surface area contributed by atoms with Crippen LogP contribution < -0.4 is 10.6 Å². The molecule has 0 spiro atoms. The lowest BCUT2D eigenvalue weighted by Crippen LogP contribution is -2.45. The second-order valence-electron chi connectivity index (χ2n) is 7.34. The van der Waals surface area contributed by atoms with Crippen LogP contribution in [0.25, 0.3) is 0 Å². The summed E-state index contributed by atoms with van der Waals surface area (Å²) in [6.45, 7) is 7.39. The lowest BCUT2D eigenvalue weighted by molar-refractivity contribution is -0.173. The Labute approximate surface area is 156 Å². The molecule has 0 radical (unpaired) electrons. The summed E-state index contributed by atoms with van der Waals surface area (Å²) in [5.41, 5.74) is 0. The van der Waals surface area contributed by atoms with Crippen molar-refractivity contribution in [3.63, 3.8) is 0 Å². The van der Waals surface area contributed by atoms with E-state index in [0.717, 1.165) is 0 Å². The first kappa shape index (κ1) is 25.9. The maximum atomic E-state index is 12.1. The molecule has 2 N–H and O–H groups in total. The van der Waals surface area contributed by atoms with Crippen LogP contribution >= 0.6 is 0 Å². The summed E-state index contributed by atoms with van der Waals surface area (Å²) < 4.78 is 78.7. The van der Waals surface area contributed by atoms with Crippen molar-refractivity contribution in [2.75, 3.05) is 13.1 Å². The molecule has 0 aliphatic heterocycles. The third-order valence-electron chi connectivity index (χ3n) is 3.55. The van der Waals surface area contributed by atoms with E-state index in [9.17, 15) is 35.9 Å². The molecule has 0 saturated carbocycles. The quantitative estimate of drug-likeness (QED) is 0.310. The molecule has 13 heteroatoms. The number of alkyl halides is 6. The van der Waals surface area contributed by atoms with Crippen LogP contribution in [0.15, 0.2) is 0 Å². The van der Waals surface area contributed by atoms with E-state index in [-0.39, 0.29) is 13.1 Å². The van der Waals surface area contributed by atoms with Gasteiger partial charge in [0.1, 0.15) is 0 Å². The molecule has 2 amide bonds. The minimum atomic E-state index is -4.90. The van der Waals surface area contributed by atoms with Gasteiger partial charge < -0.3 is 14.7 Å². The number of nitrogens with one attached hydrogen (secondary N) is 2. The van der Waals surface area contributed by atoms with Crippen LogP contribution in [0.2, 0.25) is 38.3 Å². The molecular formula is C14H26F6N2O3Si2. The van der Waals surface area contributed by atoms with Crippen molar-refractivity contribution < 1.29 is 40.0 Å². The summed E-state index contributed by atoms with van der Waals surface area (Å²) in [5, 5.41) is 3.61. The summed E-state index contributed by atoms with van der Waals surface area (Å²) in [6, 6.07) is 1.07. The van der Waals surface area contributed by atoms with E-state index in [4.69, 9.17) is 4.12 Å². The fourth-order valence-electron chi connectivity index (χ4n) is 2.48. The Balaban J connectivity index is 4.21. The molecule has 0 aliphatic carbocycles. The van der Waals surface area contributed by atoms with E-state index in [1.807, 2.05) is 26.2 Å². The van der Waals surface area contributed by atoms with Crippen LogP contribution in [0.5, 0.6) is 0 Å². The minimum Gasteiger partial charge on any atom is -0.455 e. The minimum absolute atomic E-state index is 0.108. The summed E-state index contributed by atoms with van der Waals surface area (Å²) in [4.78, 5) is 21.5. The van der Waals surface area contributed by atoms with Gasteiger partial charge in [0.15, 0.2) is 16.6 Å². The van der Waals surface area contributed by atoms with Gasteiger partial charge in [-0.25, -0.2) is 0 Å². The first-order chi connectivity index (χ1) is 12.0. The van der Waals surface area contributed by atoms with Crippen molar-refractivity contribution >= 4 is 28.4 Å². The molecule has 0 fully saturated rings. The lowest BCUT2D eigenvalue weighted by atomic mass is 10.4. The Kier molecular flexibility index (Phi) is 9.51. The Morgan fingerprint density at radius 2 is 1.04 bits per heavy atom. The van der Waals surface area contributed by atoms with Gasteiger partial charge in [-0.2, -0.15) is 26.3 Å². The lowest BCUT2D eigenvalue weighted by Gasteiger charge is -2.34. The van der Waals surface area contributed by atoms with Crippen molar-refractivity contribution in [3.05, 3.63) is 0 Å². The van der Waals surface area contributed by atoms with Gasteiger partial charge in [-0.1, -0.05) is 0 Å². The molecule has 0 aromatic carbocycles. The van der Waals surface area contributed by atoms with E-state index in [1.54, 1.807) is 10.6 Å². The fourth-order valence-corrected chi connectivity index (χ4v) is 11.3. The summed E-state index contributed by atoms with van der Waals surface area (Å²) in [5.74, 6) is -3.95. The molecule has 0 aliphatic rings. The third kappa shape index (κ3) is 12.1.